The summed E-state index contributed by atoms with van der Waals surface area (Å²) in [5.74, 6) is 0. The Labute approximate surface area is 100 Å². The van der Waals surface area contributed by atoms with Gasteiger partial charge in [-0.15, -0.1) is 0 Å². The zero-order valence-electron chi connectivity index (χ0n) is 8.67. The zero-order valence-corrected chi connectivity index (χ0v) is 10.8. The Bertz CT molecular complexity index is 256. The summed E-state index contributed by atoms with van der Waals surface area (Å²) in [4.78, 5) is 0. The highest BCUT2D eigenvalue weighted by Crippen LogP contribution is 2.18. The summed E-state index contributed by atoms with van der Waals surface area (Å²) < 4.78 is 1.27. The van der Waals surface area contributed by atoms with Crippen LogP contribution < -0.4 is 5.73 Å². The van der Waals surface area contributed by atoms with Crippen molar-refractivity contribution in [3.63, 3.8) is 0 Å². The smallest absolute Gasteiger partial charge is 0.0294 e. The van der Waals surface area contributed by atoms with Crippen molar-refractivity contribution in [1.82, 2.24) is 0 Å². The van der Waals surface area contributed by atoms with Crippen molar-refractivity contribution >= 4 is 22.6 Å². The van der Waals surface area contributed by atoms with Gasteiger partial charge in [-0.3, -0.25) is 0 Å². The third kappa shape index (κ3) is 3.96. The van der Waals surface area contributed by atoms with E-state index in [4.69, 9.17) is 5.73 Å². The predicted molar refractivity (Wildman–Crippen MR) is 70.2 cm³/mol. The van der Waals surface area contributed by atoms with Crippen LogP contribution in [0, 0.1) is 3.57 Å². The van der Waals surface area contributed by atoms with Crippen molar-refractivity contribution in [3.8, 4) is 0 Å². The molecule has 1 unspecified atom stereocenters. The maximum Gasteiger partial charge on any atom is 0.0294 e. The minimum atomic E-state index is 0.221. The number of nitrogens with two attached hydrogens (primary N) is 1. The Hall–Kier alpha value is -0.0900. The summed E-state index contributed by atoms with van der Waals surface area (Å²) >= 11 is 2.31. The van der Waals surface area contributed by atoms with Gasteiger partial charge in [-0.25, -0.2) is 0 Å². The molecule has 0 bridgehead atoms. The Balaban J connectivity index is 2.43. The maximum atomic E-state index is 6.08. The van der Waals surface area contributed by atoms with Crippen LogP contribution in [0.25, 0.3) is 0 Å². The van der Waals surface area contributed by atoms with Crippen molar-refractivity contribution in [3.05, 3.63) is 33.4 Å². The molecule has 78 valence electrons. The number of benzene rings is 1. The highest BCUT2D eigenvalue weighted by molar-refractivity contribution is 14.1. The molecule has 0 aliphatic heterocycles. The van der Waals surface area contributed by atoms with E-state index in [1.165, 1.54) is 28.4 Å². The van der Waals surface area contributed by atoms with Gasteiger partial charge in [0.1, 0.15) is 0 Å². The number of rotatable bonds is 5. The van der Waals surface area contributed by atoms with Crippen LogP contribution in [0.2, 0.25) is 0 Å². The summed E-state index contributed by atoms with van der Waals surface area (Å²) in [5.41, 5.74) is 7.35. The molecule has 0 spiro atoms. The summed E-state index contributed by atoms with van der Waals surface area (Å²) in [6, 6.07) is 8.74. The van der Waals surface area contributed by atoms with E-state index in [1.54, 1.807) is 0 Å². The van der Waals surface area contributed by atoms with Gasteiger partial charge in [0.15, 0.2) is 0 Å². The van der Waals surface area contributed by atoms with E-state index in [-0.39, 0.29) is 6.04 Å². The first-order valence-corrected chi connectivity index (χ1v) is 6.33. The first kappa shape index (κ1) is 12.0. The molecule has 2 heteroatoms. The van der Waals surface area contributed by atoms with Gasteiger partial charge in [0.2, 0.25) is 0 Å². The van der Waals surface area contributed by atoms with Gasteiger partial charge in [0.05, 0.1) is 0 Å². The van der Waals surface area contributed by atoms with Gasteiger partial charge in [0.25, 0.3) is 0 Å². The minimum Gasteiger partial charge on any atom is -0.324 e. The van der Waals surface area contributed by atoms with Crippen LogP contribution in [0.3, 0.4) is 0 Å². The molecular weight excluding hydrogens is 285 g/mol. The normalized spacial score (nSPS) is 12.8. The minimum absolute atomic E-state index is 0.221. The third-order valence-corrected chi connectivity index (χ3v) is 3.14. The lowest BCUT2D eigenvalue weighted by atomic mass is 10.0. The van der Waals surface area contributed by atoms with Crippen LogP contribution in [0.15, 0.2) is 24.3 Å². The Morgan fingerprint density at radius 3 is 2.43 bits per heavy atom. The Morgan fingerprint density at radius 2 is 1.86 bits per heavy atom. The Morgan fingerprint density at radius 1 is 1.21 bits per heavy atom. The molecule has 1 nitrogen and oxygen atoms in total. The van der Waals surface area contributed by atoms with Crippen molar-refractivity contribution < 1.29 is 0 Å². The molecule has 0 saturated heterocycles. The molecule has 1 aromatic carbocycles. The van der Waals surface area contributed by atoms with Crippen molar-refractivity contribution in [2.45, 2.75) is 38.6 Å². The molecule has 1 aromatic rings. The van der Waals surface area contributed by atoms with Crippen LogP contribution in [-0.2, 0) is 0 Å². The maximum absolute atomic E-state index is 6.08. The van der Waals surface area contributed by atoms with Crippen LogP contribution in [-0.4, -0.2) is 0 Å². The molecule has 0 aliphatic carbocycles. The molecule has 2 N–H and O–H groups in total. The van der Waals surface area contributed by atoms with Gasteiger partial charge >= 0.3 is 0 Å². The second kappa shape index (κ2) is 6.40. The summed E-state index contributed by atoms with van der Waals surface area (Å²) in [6.45, 7) is 2.22. The molecular formula is C12H18IN. The fraction of sp³-hybridized carbons (Fsp3) is 0.500. The van der Waals surface area contributed by atoms with Crippen molar-refractivity contribution in [2.24, 2.45) is 5.73 Å². The van der Waals surface area contributed by atoms with Crippen LogP contribution in [0.4, 0.5) is 0 Å². The molecule has 0 fully saturated rings. The average Bonchev–Trinajstić information content (AvgIpc) is 2.19. The molecule has 14 heavy (non-hydrogen) atoms. The van der Waals surface area contributed by atoms with E-state index < -0.39 is 0 Å². The van der Waals surface area contributed by atoms with E-state index in [0.717, 1.165) is 6.42 Å². The van der Waals surface area contributed by atoms with Gasteiger partial charge in [-0.05, 0) is 46.7 Å². The molecule has 0 aliphatic rings. The van der Waals surface area contributed by atoms with E-state index >= 15 is 0 Å². The van der Waals surface area contributed by atoms with E-state index in [9.17, 15) is 0 Å². The molecule has 0 saturated carbocycles. The fourth-order valence-corrected chi connectivity index (χ4v) is 1.85. The molecule has 0 heterocycles. The van der Waals surface area contributed by atoms with E-state index in [1.807, 2.05) is 0 Å². The SMILES string of the molecule is CCCCCC(N)c1ccc(I)cc1. The van der Waals surface area contributed by atoms with Gasteiger partial charge in [-0.1, -0.05) is 38.3 Å². The first-order chi connectivity index (χ1) is 6.74. The number of hydrogen-bond acceptors (Lipinski definition) is 1. The highest BCUT2D eigenvalue weighted by atomic mass is 127. The molecule has 0 radical (unpaired) electrons. The third-order valence-electron chi connectivity index (χ3n) is 2.42. The number of unbranched alkanes of at least 4 members (excludes halogenated alkanes) is 2. The van der Waals surface area contributed by atoms with Crippen LogP contribution in [0.5, 0.6) is 0 Å². The quantitative estimate of drug-likeness (QED) is 0.648. The largest absolute Gasteiger partial charge is 0.324 e. The molecule has 0 amide bonds. The summed E-state index contributed by atoms with van der Waals surface area (Å²) in [6.07, 6.45) is 4.90. The van der Waals surface area contributed by atoms with Gasteiger partial charge in [-0.2, -0.15) is 0 Å². The van der Waals surface area contributed by atoms with Gasteiger partial charge in [0, 0.05) is 9.61 Å². The summed E-state index contributed by atoms with van der Waals surface area (Å²) in [7, 11) is 0. The number of halogens is 1. The van der Waals surface area contributed by atoms with Gasteiger partial charge < -0.3 is 5.73 Å². The second-order valence-corrected chi connectivity index (χ2v) is 4.90. The molecule has 0 aromatic heterocycles. The lowest BCUT2D eigenvalue weighted by molar-refractivity contribution is 0.581. The van der Waals surface area contributed by atoms with E-state index in [2.05, 4.69) is 53.8 Å². The summed E-state index contributed by atoms with van der Waals surface area (Å²) in [5, 5.41) is 0. The molecule has 1 atom stereocenters. The first-order valence-electron chi connectivity index (χ1n) is 5.25. The van der Waals surface area contributed by atoms with E-state index in [0.29, 0.717) is 0 Å². The monoisotopic (exact) mass is 303 g/mol. The lowest BCUT2D eigenvalue weighted by Gasteiger charge is -2.11. The standard InChI is InChI=1S/C12H18IN/c1-2-3-4-5-12(14)10-6-8-11(13)9-7-10/h6-9,12H,2-5,14H2,1H3. The van der Waals surface area contributed by atoms with Crippen LogP contribution in [0.1, 0.15) is 44.2 Å². The Kier molecular flexibility index (Phi) is 5.48. The predicted octanol–water partition coefficient (Wildman–Crippen LogP) is 3.87. The topological polar surface area (TPSA) is 26.0 Å². The fourth-order valence-electron chi connectivity index (χ4n) is 1.49. The number of hydrogen-bond donors (Lipinski definition) is 1. The second-order valence-electron chi connectivity index (χ2n) is 3.65. The lowest BCUT2D eigenvalue weighted by Crippen LogP contribution is -2.09. The average molecular weight is 303 g/mol. The van der Waals surface area contributed by atoms with Crippen LogP contribution >= 0.6 is 22.6 Å². The zero-order chi connectivity index (χ0) is 10.4. The molecule has 1 rings (SSSR count). The van der Waals surface area contributed by atoms with Crippen molar-refractivity contribution in [2.75, 3.05) is 0 Å². The highest BCUT2D eigenvalue weighted by Gasteiger charge is 2.04. The van der Waals surface area contributed by atoms with Crippen molar-refractivity contribution in [1.29, 1.82) is 0 Å².